The normalized spacial score (nSPS) is 7.57. The molecule has 0 aromatic heterocycles. The largest absolute Gasteiger partial charge is 0.103 e. The predicted octanol–water partition coefficient (Wildman–Crippen LogP) is 1.35. The zero-order valence-electron chi connectivity index (χ0n) is 4.85. The first kappa shape index (κ1) is 6.87. The van der Waals surface area contributed by atoms with Crippen LogP contribution in [0.15, 0.2) is 12.7 Å². The van der Waals surface area contributed by atoms with Crippen LogP contribution in [0.25, 0.3) is 0 Å². The second-order valence-corrected chi connectivity index (χ2v) is 1.44. The van der Waals surface area contributed by atoms with Crippen LogP contribution in [0.5, 0.6) is 0 Å². The van der Waals surface area contributed by atoms with Crippen LogP contribution in [0.3, 0.4) is 0 Å². The first-order valence-electron chi connectivity index (χ1n) is 2.64. The van der Waals surface area contributed by atoms with Crippen molar-refractivity contribution in [2.75, 3.05) is 0 Å². The molecular weight excluding hydrogens is 81.7 g/mol. The second-order valence-electron chi connectivity index (χ2n) is 1.44. The summed E-state index contributed by atoms with van der Waals surface area (Å²) in [6.07, 6.45) is 4.17. The summed E-state index contributed by atoms with van der Waals surface area (Å²) in [5, 5.41) is 0. The van der Waals surface area contributed by atoms with Crippen LogP contribution in [0.4, 0.5) is 0 Å². The van der Waals surface area contributed by atoms with Crippen molar-refractivity contribution in [1.29, 1.82) is 0 Å². The van der Waals surface area contributed by atoms with Gasteiger partial charge in [-0.25, -0.2) is 0 Å². The fraction of sp³-hybridized carbons (Fsp3) is 0.600. The monoisotopic (exact) mass is 92.1 g/mol. The van der Waals surface area contributed by atoms with Crippen molar-refractivity contribution in [3.05, 3.63) is 12.7 Å². The molecule has 0 aliphatic heterocycles. The molecule has 0 saturated carbocycles. The van der Waals surface area contributed by atoms with Crippen LogP contribution >= 0.6 is 0 Å². The number of allylic oxidation sites excluding steroid dienone is 1. The Morgan fingerprint density at radius 1 is 1.71 bits per heavy atom. The molecule has 0 aliphatic carbocycles. The molecular formula is C5H10B2. The van der Waals surface area contributed by atoms with Gasteiger partial charge in [0.05, 0.1) is 14.3 Å². The van der Waals surface area contributed by atoms with Gasteiger partial charge in [-0.3, -0.25) is 0 Å². The maximum absolute atomic E-state index is 3.60. The van der Waals surface area contributed by atoms with Gasteiger partial charge in [-0.1, -0.05) is 19.2 Å². The van der Waals surface area contributed by atoms with E-state index in [9.17, 15) is 0 Å². The summed E-state index contributed by atoms with van der Waals surface area (Å²) in [6, 6.07) is 0. The molecule has 0 unspecified atom stereocenters. The molecule has 0 spiro atoms. The van der Waals surface area contributed by atoms with E-state index in [0.29, 0.717) is 0 Å². The average Bonchev–Trinajstić information content (AvgIpc) is 1.69. The third-order valence-corrected chi connectivity index (χ3v) is 0.773. The summed E-state index contributed by atoms with van der Waals surface area (Å²) in [6.45, 7) is 5.63. The molecule has 0 saturated heterocycles. The third-order valence-electron chi connectivity index (χ3n) is 0.773. The van der Waals surface area contributed by atoms with Gasteiger partial charge in [-0.15, -0.1) is 6.58 Å². The minimum absolute atomic E-state index is 1.10. The van der Waals surface area contributed by atoms with E-state index < -0.39 is 0 Å². The van der Waals surface area contributed by atoms with E-state index in [2.05, 4.69) is 20.9 Å². The smallest absolute Gasteiger partial charge is 0.0653 e. The van der Waals surface area contributed by atoms with Crippen molar-refractivity contribution in [2.45, 2.75) is 19.6 Å². The van der Waals surface area contributed by atoms with E-state index in [-0.39, 0.29) is 0 Å². The highest BCUT2D eigenvalue weighted by atomic mass is 13.6. The Hall–Kier alpha value is -0.130. The Kier molecular flexibility index (Phi) is 5.76. The van der Waals surface area contributed by atoms with Gasteiger partial charge in [0.2, 0.25) is 0 Å². The van der Waals surface area contributed by atoms with Crippen molar-refractivity contribution in [2.24, 2.45) is 0 Å². The Morgan fingerprint density at radius 3 is 2.86 bits per heavy atom. The van der Waals surface area contributed by atoms with Crippen molar-refractivity contribution in [1.82, 2.24) is 0 Å². The zero-order valence-corrected chi connectivity index (χ0v) is 4.85. The fourth-order valence-corrected chi connectivity index (χ4v) is 0.381. The molecule has 0 N–H and O–H groups in total. The summed E-state index contributed by atoms with van der Waals surface area (Å²) < 4.78 is 0. The first-order chi connectivity index (χ1) is 3.41. The zero-order chi connectivity index (χ0) is 5.54. The molecule has 0 rings (SSSR count). The molecule has 0 heterocycles. The van der Waals surface area contributed by atoms with E-state index in [1.807, 2.05) is 12.9 Å². The van der Waals surface area contributed by atoms with E-state index in [0.717, 1.165) is 12.7 Å². The van der Waals surface area contributed by atoms with E-state index in [4.69, 9.17) is 0 Å². The van der Waals surface area contributed by atoms with E-state index in [1.165, 1.54) is 0 Å². The summed E-state index contributed by atoms with van der Waals surface area (Å²) in [5.74, 6) is 0. The van der Waals surface area contributed by atoms with Gasteiger partial charge < -0.3 is 0 Å². The summed E-state index contributed by atoms with van der Waals surface area (Å²) >= 11 is 0. The maximum Gasteiger partial charge on any atom is 0.0653 e. The molecule has 2 heteroatoms. The Bertz CT molecular complexity index is 43.3. The van der Waals surface area contributed by atoms with Crippen LogP contribution in [0.1, 0.15) is 6.42 Å². The first-order valence-corrected chi connectivity index (χ1v) is 2.64. The minimum atomic E-state index is 1.10. The lowest BCUT2D eigenvalue weighted by Gasteiger charge is -1.84. The van der Waals surface area contributed by atoms with Gasteiger partial charge in [0.1, 0.15) is 0 Å². The third kappa shape index (κ3) is 5.87. The van der Waals surface area contributed by atoms with Crippen molar-refractivity contribution in [3.8, 4) is 0 Å². The van der Waals surface area contributed by atoms with Crippen LogP contribution < -0.4 is 0 Å². The maximum atomic E-state index is 3.60. The predicted molar refractivity (Wildman–Crippen MR) is 37.0 cm³/mol. The topological polar surface area (TPSA) is 0 Å². The van der Waals surface area contributed by atoms with E-state index in [1.54, 1.807) is 0 Å². The SMILES string of the molecule is C=CCC[B][B]C. The number of hydrogen-bond acceptors (Lipinski definition) is 0. The Balaban J connectivity index is 2.56. The van der Waals surface area contributed by atoms with Crippen LogP contribution in [0.2, 0.25) is 13.1 Å². The highest BCUT2D eigenvalue weighted by Crippen LogP contribution is 1.85. The van der Waals surface area contributed by atoms with Crippen LogP contribution in [0, 0.1) is 0 Å². The average molecular weight is 91.8 g/mol. The fourth-order valence-electron chi connectivity index (χ4n) is 0.381. The lowest BCUT2D eigenvalue weighted by Crippen LogP contribution is -1.95. The van der Waals surface area contributed by atoms with Gasteiger partial charge in [0.15, 0.2) is 0 Å². The van der Waals surface area contributed by atoms with Crippen molar-refractivity contribution in [3.63, 3.8) is 0 Å². The van der Waals surface area contributed by atoms with Gasteiger partial charge in [0.25, 0.3) is 0 Å². The molecule has 2 radical (unpaired) electrons. The summed E-state index contributed by atoms with van der Waals surface area (Å²) in [4.78, 5) is 0. The minimum Gasteiger partial charge on any atom is -0.103 e. The van der Waals surface area contributed by atoms with Crippen molar-refractivity contribution >= 4 is 14.3 Å². The van der Waals surface area contributed by atoms with Gasteiger partial charge in [0, 0.05) is 0 Å². The molecule has 0 bridgehead atoms. The lowest BCUT2D eigenvalue weighted by atomic mass is 9.39. The molecule has 0 aliphatic rings. The van der Waals surface area contributed by atoms with Crippen LogP contribution in [-0.2, 0) is 0 Å². The standard InChI is InChI=1S/C5H10B2/c1-3-4-5-7-6-2/h3H,1,4-5H2,2H3. The molecule has 0 aromatic rings. The van der Waals surface area contributed by atoms with Gasteiger partial charge >= 0.3 is 0 Å². The van der Waals surface area contributed by atoms with Crippen LogP contribution in [-0.4, -0.2) is 14.3 Å². The summed E-state index contributed by atoms with van der Waals surface area (Å²) in [7, 11) is 4.20. The Morgan fingerprint density at radius 2 is 2.43 bits per heavy atom. The molecule has 0 amide bonds. The molecule has 36 valence electrons. The highest BCUT2D eigenvalue weighted by Gasteiger charge is 1.81. The molecule has 0 aromatic carbocycles. The Labute approximate surface area is 47.5 Å². The molecule has 0 fully saturated rings. The van der Waals surface area contributed by atoms with Crippen molar-refractivity contribution < 1.29 is 0 Å². The van der Waals surface area contributed by atoms with Gasteiger partial charge in [-0.05, 0) is 6.42 Å². The molecule has 0 nitrogen and oxygen atoms in total. The van der Waals surface area contributed by atoms with E-state index >= 15 is 0 Å². The highest BCUT2D eigenvalue weighted by molar-refractivity contribution is 6.99. The number of hydrogen-bond donors (Lipinski definition) is 0. The quantitative estimate of drug-likeness (QED) is 0.279. The molecule has 0 atom stereocenters. The van der Waals surface area contributed by atoms with Gasteiger partial charge in [-0.2, -0.15) is 0 Å². The lowest BCUT2D eigenvalue weighted by molar-refractivity contribution is 1.22. The second kappa shape index (κ2) is 5.87. The number of rotatable bonds is 4. The molecule has 7 heavy (non-hydrogen) atoms. The summed E-state index contributed by atoms with van der Waals surface area (Å²) in [5.41, 5.74) is 0.